The zero-order valence-electron chi connectivity index (χ0n) is 11.0. The summed E-state index contributed by atoms with van der Waals surface area (Å²) in [5, 5.41) is 0. The normalized spacial score (nSPS) is 16.0. The van der Waals surface area contributed by atoms with Crippen LogP contribution in [0.2, 0.25) is 0 Å². The number of rotatable bonds is 4. The smallest absolute Gasteiger partial charge is 0.226 e. The summed E-state index contributed by atoms with van der Waals surface area (Å²) in [6.45, 7) is 1.63. The quantitative estimate of drug-likeness (QED) is 0.833. The molecule has 1 aromatic rings. The molecule has 2 rings (SSSR count). The first kappa shape index (κ1) is 13.6. The fraction of sp³-hybridized carbons (Fsp3) is 0.467. The van der Waals surface area contributed by atoms with Crippen molar-refractivity contribution in [2.45, 2.75) is 25.7 Å². The summed E-state index contributed by atoms with van der Waals surface area (Å²) in [5.74, 6) is 1.11. The molecule has 0 N–H and O–H groups in total. The number of nitrogens with zero attached hydrogens (tertiary/aromatic N) is 1. The molecular weight excluding hydrogens is 242 g/mol. The van der Waals surface area contributed by atoms with Crippen LogP contribution in [0.3, 0.4) is 0 Å². The Balaban J connectivity index is 1.73. The van der Waals surface area contributed by atoms with Crippen molar-refractivity contribution in [3.05, 3.63) is 30.3 Å². The standard InChI is InChI=1S/C15H19NO3/c17-13-5-4-10-16(11-8-13)15(18)9-12-19-14-6-2-1-3-7-14/h1-3,6-7H,4-5,8-12H2. The number of Topliss-reactive ketones (excluding diaryl/α,β-unsaturated/α-hetero) is 1. The van der Waals surface area contributed by atoms with E-state index >= 15 is 0 Å². The molecule has 19 heavy (non-hydrogen) atoms. The van der Waals surface area contributed by atoms with Gasteiger partial charge in [-0.25, -0.2) is 0 Å². The maximum atomic E-state index is 12.0. The van der Waals surface area contributed by atoms with Crippen molar-refractivity contribution in [3.63, 3.8) is 0 Å². The van der Waals surface area contributed by atoms with Gasteiger partial charge in [0.1, 0.15) is 11.5 Å². The summed E-state index contributed by atoms with van der Waals surface area (Å²) >= 11 is 0. The molecule has 0 radical (unpaired) electrons. The first-order chi connectivity index (χ1) is 9.25. The Bertz CT molecular complexity index is 430. The van der Waals surface area contributed by atoms with Crippen molar-refractivity contribution in [1.29, 1.82) is 0 Å². The van der Waals surface area contributed by atoms with E-state index in [-0.39, 0.29) is 11.7 Å². The van der Waals surface area contributed by atoms with Crippen molar-refractivity contribution in [2.75, 3.05) is 19.7 Å². The molecule has 1 amide bonds. The van der Waals surface area contributed by atoms with Crippen LogP contribution in [0.4, 0.5) is 0 Å². The average molecular weight is 261 g/mol. The molecule has 0 saturated carbocycles. The zero-order valence-corrected chi connectivity index (χ0v) is 11.0. The number of carbonyl (C=O) groups excluding carboxylic acids is 2. The Morgan fingerprint density at radius 2 is 1.95 bits per heavy atom. The van der Waals surface area contributed by atoms with E-state index in [2.05, 4.69) is 0 Å². The summed E-state index contributed by atoms with van der Waals surface area (Å²) in [4.78, 5) is 25.0. The monoisotopic (exact) mass is 261 g/mol. The van der Waals surface area contributed by atoms with Gasteiger partial charge in [0.2, 0.25) is 5.91 Å². The Hall–Kier alpha value is -1.84. The van der Waals surface area contributed by atoms with Crippen LogP contribution >= 0.6 is 0 Å². The van der Waals surface area contributed by atoms with Crippen molar-refractivity contribution >= 4 is 11.7 Å². The van der Waals surface area contributed by atoms with Gasteiger partial charge in [0.25, 0.3) is 0 Å². The largest absolute Gasteiger partial charge is 0.493 e. The summed E-state index contributed by atoms with van der Waals surface area (Å²) in [5.41, 5.74) is 0. The van der Waals surface area contributed by atoms with Gasteiger partial charge in [-0.3, -0.25) is 9.59 Å². The summed E-state index contributed by atoms with van der Waals surface area (Å²) < 4.78 is 5.51. The predicted octanol–water partition coefficient (Wildman–Crippen LogP) is 2.04. The molecule has 1 aliphatic heterocycles. The van der Waals surface area contributed by atoms with Crippen LogP contribution in [0.15, 0.2) is 30.3 Å². The van der Waals surface area contributed by atoms with E-state index < -0.39 is 0 Å². The van der Waals surface area contributed by atoms with E-state index in [0.717, 1.165) is 12.2 Å². The molecule has 0 unspecified atom stereocenters. The molecule has 4 nitrogen and oxygen atoms in total. The van der Waals surface area contributed by atoms with Gasteiger partial charge in [0, 0.05) is 25.9 Å². The first-order valence-corrected chi connectivity index (χ1v) is 6.73. The molecule has 0 atom stereocenters. The van der Waals surface area contributed by atoms with Gasteiger partial charge in [-0.2, -0.15) is 0 Å². The third-order valence-corrected chi connectivity index (χ3v) is 3.22. The molecule has 1 saturated heterocycles. The van der Waals surface area contributed by atoms with E-state index in [9.17, 15) is 9.59 Å². The number of para-hydroxylation sites is 1. The van der Waals surface area contributed by atoms with E-state index in [1.807, 2.05) is 30.3 Å². The number of hydrogen-bond acceptors (Lipinski definition) is 3. The SMILES string of the molecule is O=C1CCCN(C(=O)CCOc2ccccc2)CC1. The minimum absolute atomic E-state index is 0.0747. The molecule has 1 aromatic carbocycles. The Morgan fingerprint density at radius 3 is 2.74 bits per heavy atom. The molecule has 102 valence electrons. The van der Waals surface area contributed by atoms with E-state index in [4.69, 9.17) is 4.74 Å². The number of amides is 1. The highest BCUT2D eigenvalue weighted by atomic mass is 16.5. The Morgan fingerprint density at radius 1 is 1.16 bits per heavy atom. The maximum absolute atomic E-state index is 12.0. The minimum atomic E-state index is 0.0747. The van der Waals surface area contributed by atoms with E-state index in [0.29, 0.717) is 39.0 Å². The average Bonchev–Trinajstić information content (AvgIpc) is 2.65. The topological polar surface area (TPSA) is 46.6 Å². The van der Waals surface area contributed by atoms with Gasteiger partial charge in [-0.15, -0.1) is 0 Å². The molecule has 0 aromatic heterocycles. The van der Waals surface area contributed by atoms with Crippen molar-refractivity contribution in [3.8, 4) is 5.75 Å². The van der Waals surface area contributed by atoms with Gasteiger partial charge < -0.3 is 9.64 Å². The lowest BCUT2D eigenvalue weighted by molar-refractivity contribution is -0.131. The van der Waals surface area contributed by atoms with Gasteiger partial charge in [-0.05, 0) is 18.6 Å². The van der Waals surface area contributed by atoms with Crippen LogP contribution < -0.4 is 4.74 Å². The number of benzene rings is 1. The van der Waals surface area contributed by atoms with E-state index in [1.54, 1.807) is 4.90 Å². The Kier molecular flexibility index (Phi) is 4.95. The molecule has 0 bridgehead atoms. The summed E-state index contributed by atoms with van der Waals surface area (Å²) in [7, 11) is 0. The predicted molar refractivity (Wildman–Crippen MR) is 72.0 cm³/mol. The maximum Gasteiger partial charge on any atom is 0.226 e. The number of ketones is 1. The fourth-order valence-corrected chi connectivity index (χ4v) is 2.14. The molecule has 0 aliphatic carbocycles. The van der Waals surface area contributed by atoms with Gasteiger partial charge in [0.05, 0.1) is 13.0 Å². The molecule has 4 heteroatoms. The van der Waals surface area contributed by atoms with Crippen LogP contribution in [0.25, 0.3) is 0 Å². The van der Waals surface area contributed by atoms with Crippen LogP contribution in [-0.4, -0.2) is 36.3 Å². The molecule has 1 heterocycles. The minimum Gasteiger partial charge on any atom is -0.493 e. The van der Waals surface area contributed by atoms with Crippen LogP contribution in [0, 0.1) is 0 Å². The third kappa shape index (κ3) is 4.39. The lowest BCUT2D eigenvalue weighted by Crippen LogP contribution is -2.32. The van der Waals surface area contributed by atoms with E-state index in [1.165, 1.54) is 0 Å². The fourth-order valence-electron chi connectivity index (χ4n) is 2.14. The van der Waals surface area contributed by atoms with Crippen molar-refractivity contribution in [2.24, 2.45) is 0 Å². The lowest BCUT2D eigenvalue weighted by Gasteiger charge is -2.19. The third-order valence-electron chi connectivity index (χ3n) is 3.22. The number of carbonyl (C=O) groups is 2. The molecule has 1 aliphatic rings. The second kappa shape index (κ2) is 6.92. The van der Waals surface area contributed by atoms with Gasteiger partial charge >= 0.3 is 0 Å². The first-order valence-electron chi connectivity index (χ1n) is 6.73. The number of hydrogen-bond donors (Lipinski definition) is 0. The zero-order chi connectivity index (χ0) is 13.5. The highest BCUT2D eigenvalue weighted by Gasteiger charge is 2.18. The van der Waals surface area contributed by atoms with Gasteiger partial charge in [-0.1, -0.05) is 18.2 Å². The molecular formula is C15H19NO3. The second-order valence-electron chi connectivity index (χ2n) is 4.68. The summed E-state index contributed by atoms with van der Waals surface area (Å²) in [6, 6.07) is 9.46. The van der Waals surface area contributed by atoms with Crippen LogP contribution in [-0.2, 0) is 9.59 Å². The highest BCUT2D eigenvalue weighted by Crippen LogP contribution is 2.11. The van der Waals surface area contributed by atoms with Crippen molar-refractivity contribution in [1.82, 2.24) is 4.90 Å². The van der Waals surface area contributed by atoms with Crippen molar-refractivity contribution < 1.29 is 14.3 Å². The lowest BCUT2D eigenvalue weighted by atomic mass is 10.2. The van der Waals surface area contributed by atoms with Crippen LogP contribution in [0.1, 0.15) is 25.7 Å². The summed E-state index contributed by atoms with van der Waals surface area (Å²) in [6.07, 6.45) is 2.24. The molecule has 1 fully saturated rings. The van der Waals surface area contributed by atoms with Gasteiger partial charge in [0.15, 0.2) is 0 Å². The number of likely N-dealkylation sites (tertiary alicyclic amines) is 1. The highest BCUT2D eigenvalue weighted by molar-refractivity contribution is 5.81. The number of ether oxygens (including phenoxy) is 1. The van der Waals surface area contributed by atoms with Crippen LogP contribution in [0.5, 0.6) is 5.75 Å². The second-order valence-corrected chi connectivity index (χ2v) is 4.68. The molecule has 0 spiro atoms. The Labute approximate surface area is 113 Å².